The Balaban J connectivity index is 1.30. The van der Waals surface area contributed by atoms with Gasteiger partial charge in [-0.15, -0.1) is 0 Å². The molecule has 1 fully saturated rings. The topological polar surface area (TPSA) is 113 Å². The van der Waals surface area contributed by atoms with Gasteiger partial charge >= 0.3 is 0 Å². The van der Waals surface area contributed by atoms with Gasteiger partial charge in [-0.1, -0.05) is 30.3 Å². The second-order valence-corrected chi connectivity index (χ2v) is 8.59. The molecule has 2 amide bonds. The number of carbonyl (C=O) groups excluding carboxylic acids is 2. The first-order valence-corrected chi connectivity index (χ1v) is 11.8. The second-order valence-electron chi connectivity index (χ2n) is 8.59. The third-order valence-electron chi connectivity index (χ3n) is 6.15. The van der Waals surface area contributed by atoms with E-state index in [4.69, 9.17) is 0 Å². The van der Waals surface area contributed by atoms with Crippen LogP contribution in [-0.2, 0) is 11.2 Å². The third kappa shape index (κ3) is 4.84. The molecule has 2 aromatic heterocycles. The van der Waals surface area contributed by atoms with Crippen LogP contribution in [-0.4, -0.2) is 49.6 Å². The quantitative estimate of drug-likeness (QED) is 0.449. The van der Waals surface area contributed by atoms with Crippen molar-refractivity contribution in [2.24, 2.45) is 0 Å². The highest BCUT2D eigenvalue weighted by Crippen LogP contribution is 2.20. The number of H-pyrrole nitrogens is 1. The third-order valence-corrected chi connectivity index (χ3v) is 6.15. The van der Waals surface area contributed by atoms with Crippen LogP contribution in [0.4, 0.5) is 5.69 Å². The zero-order valence-electron chi connectivity index (χ0n) is 19.2. The number of piperidine rings is 1. The average Bonchev–Trinajstić information content (AvgIpc) is 3.33. The highest BCUT2D eigenvalue weighted by atomic mass is 16.2. The lowest BCUT2D eigenvalue weighted by Crippen LogP contribution is -2.36. The molecule has 9 nitrogen and oxygen atoms in total. The minimum absolute atomic E-state index is 0.0637. The molecule has 0 unspecified atom stereocenters. The largest absolute Gasteiger partial charge is 0.339 e. The Morgan fingerprint density at radius 3 is 2.51 bits per heavy atom. The van der Waals surface area contributed by atoms with E-state index in [1.807, 2.05) is 35.2 Å². The highest BCUT2D eigenvalue weighted by Gasteiger charge is 2.21. The van der Waals surface area contributed by atoms with Gasteiger partial charge in [0.1, 0.15) is 11.2 Å². The fraction of sp³-hybridized carbons (Fsp3) is 0.269. The van der Waals surface area contributed by atoms with E-state index in [0.717, 1.165) is 38.0 Å². The van der Waals surface area contributed by atoms with Gasteiger partial charge in [0.05, 0.1) is 23.1 Å². The molecule has 1 aliphatic heterocycles. The maximum absolute atomic E-state index is 13.0. The van der Waals surface area contributed by atoms with E-state index < -0.39 is 0 Å². The molecule has 2 N–H and O–H groups in total. The zero-order valence-corrected chi connectivity index (χ0v) is 19.2. The Kier molecular flexibility index (Phi) is 6.38. The minimum atomic E-state index is -0.301. The van der Waals surface area contributed by atoms with Gasteiger partial charge in [0.15, 0.2) is 5.65 Å². The molecule has 0 bridgehead atoms. The summed E-state index contributed by atoms with van der Waals surface area (Å²) in [5.41, 5.74) is 1.91. The Morgan fingerprint density at radius 1 is 0.971 bits per heavy atom. The van der Waals surface area contributed by atoms with Gasteiger partial charge in [0.25, 0.3) is 11.5 Å². The molecular formula is C26H26N6O3. The van der Waals surface area contributed by atoms with E-state index in [9.17, 15) is 14.4 Å². The van der Waals surface area contributed by atoms with Crippen molar-refractivity contribution in [2.45, 2.75) is 32.1 Å². The number of fused-ring (bicyclic) bond motifs is 1. The lowest BCUT2D eigenvalue weighted by Gasteiger charge is -2.27. The van der Waals surface area contributed by atoms with Crippen LogP contribution >= 0.6 is 0 Å². The lowest BCUT2D eigenvalue weighted by atomic mass is 10.1. The number of nitrogens with zero attached hydrogens (tertiary/aromatic N) is 4. The van der Waals surface area contributed by atoms with E-state index in [0.29, 0.717) is 28.1 Å². The normalized spacial score (nSPS) is 13.7. The van der Waals surface area contributed by atoms with Crippen molar-refractivity contribution in [1.82, 2.24) is 24.6 Å². The molecule has 0 radical (unpaired) electrons. The first-order valence-electron chi connectivity index (χ1n) is 11.8. The molecule has 3 heterocycles. The lowest BCUT2D eigenvalue weighted by molar-refractivity contribution is -0.116. The molecule has 5 rings (SSSR count). The van der Waals surface area contributed by atoms with Crippen LogP contribution in [0.25, 0.3) is 16.7 Å². The molecule has 9 heteroatoms. The van der Waals surface area contributed by atoms with Crippen molar-refractivity contribution >= 4 is 28.5 Å². The molecule has 35 heavy (non-hydrogen) atoms. The number of hydrogen-bond acceptors (Lipinski definition) is 5. The first kappa shape index (κ1) is 22.5. The summed E-state index contributed by atoms with van der Waals surface area (Å²) in [6.07, 6.45) is 4.95. The predicted octanol–water partition coefficient (Wildman–Crippen LogP) is 3.31. The van der Waals surface area contributed by atoms with Gasteiger partial charge in [0, 0.05) is 25.9 Å². The van der Waals surface area contributed by atoms with Crippen LogP contribution in [0, 0.1) is 0 Å². The van der Waals surface area contributed by atoms with Crippen molar-refractivity contribution in [3.63, 3.8) is 0 Å². The van der Waals surface area contributed by atoms with Crippen LogP contribution in [0.1, 0.15) is 41.9 Å². The van der Waals surface area contributed by atoms with Gasteiger partial charge in [-0.2, -0.15) is 5.10 Å². The molecule has 0 atom stereocenters. The summed E-state index contributed by atoms with van der Waals surface area (Å²) in [6, 6.07) is 16.5. The Hall–Kier alpha value is -4.27. The highest BCUT2D eigenvalue weighted by molar-refractivity contribution is 6.03. The number of para-hydroxylation sites is 2. The maximum atomic E-state index is 13.0. The SMILES string of the molecule is O=C(CCc1nc2c(cnn2-c2ccccc2)c(=O)[nH]1)Nc1ccccc1C(=O)N1CCCCC1. The van der Waals surface area contributed by atoms with E-state index >= 15 is 0 Å². The van der Waals surface area contributed by atoms with Gasteiger partial charge in [-0.05, 0) is 43.5 Å². The summed E-state index contributed by atoms with van der Waals surface area (Å²) in [4.78, 5) is 47.4. The summed E-state index contributed by atoms with van der Waals surface area (Å²) in [7, 11) is 0. The first-order chi connectivity index (χ1) is 17.1. The number of amides is 2. The number of nitrogens with one attached hydrogen (secondary N) is 2. The number of carbonyl (C=O) groups is 2. The number of aromatic nitrogens is 4. The Bertz CT molecular complexity index is 1420. The van der Waals surface area contributed by atoms with Crippen LogP contribution in [0.5, 0.6) is 0 Å². The molecule has 0 spiro atoms. The van der Waals surface area contributed by atoms with Gasteiger partial charge in [-0.25, -0.2) is 9.67 Å². The summed E-state index contributed by atoms with van der Waals surface area (Å²) in [5.74, 6) is 0.0717. The van der Waals surface area contributed by atoms with E-state index in [-0.39, 0.29) is 30.2 Å². The van der Waals surface area contributed by atoms with E-state index in [1.165, 1.54) is 6.20 Å². The summed E-state index contributed by atoms with van der Waals surface area (Å²) in [6.45, 7) is 1.48. The molecule has 4 aromatic rings. The minimum Gasteiger partial charge on any atom is -0.339 e. The van der Waals surface area contributed by atoms with Crippen molar-refractivity contribution < 1.29 is 9.59 Å². The number of aryl methyl sites for hydroxylation is 1. The van der Waals surface area contributed by atoms with Crippen molar-refractivity contribution in [3.8, 4) is 5.69 Å². The molecule has 1 saturated heterocycles. The van der Waals surface area contributed by atoms with Gasteiger partial charge in [0.2, 0.25) is 5.91 Å². The number of aromatic amines is 1. The molecule has 0 saturated carbocycles. The summed E-state index contributed by atoms with van der Waals surface area (Å²) >= 11 is 0. The van der Waals surface area contributed by atoms with E-state index in [2.05, 4.69) is 20.4 Å². The molecule has 2 aromatic carbocycles. The zero-order chi connectivity index (χ0) is 24.2. The number of anilines is 1. The van der Waals surface area contributed by atoms with Crippen molar-refractivity contribution in [1.29, 1.82) is 0 Å². The summed E-state index contributed by atoms with van der Waals surface area (Å²) < 4.78 is 1.61. The molecular weight excluding hydrogens is 444 g/mol. The maximum Gasteiger partial charge on any atom is 0.262 e. The monoisotopic (exact) mass is 470 g/mol. The summed E-state index contributed by atoms with van der Waals surface area (Å²) in [5, 5.41) is 7.54. The van der Waals surface area contributed by atoms with Crippen LogP contribution in [0.15, 0.2) is 65.6 Å². The van der Waals surface area contributed by atoms with Gasteiger partial charge in [-0.3, -0.25) is 14.4 Å². The predicted molar refractivity (Wildman–Crippen MR) is 133 cm³/mol. The molecule has 0 aliphatic carbocycles. The Morgan fingerprint density at radius 2 is 1.71 bits per heavy atom. The van der Waals surface area contributed by atoms with E-state index in [1.54, 1.807) is 28.9 Å². The fourth-order valence-corrected chi connectivity index (χ4v) is 4.33. The molecule has 1 aliphatic rings. The average molecular weight is 471 g/mol. The van der Waals surface area contributed by atoms with Crippen LogP contribution < -0.4 is 10.9 Å². The number of benzene rings is 2. The van der Waals surface area contributed by atoms with Crippen LogP contribution in [0.2, 0.25) is 0 Å². The standard InChI is InChI=1S/C26H26N6O3/c33-23(28-21-12-6-5-11-19(21)26(35)31-15-7-2-8-16-31)14-13-22-29-24-20(25(34)30-22)17-27-32(24)18-9-3-1-4-10-18/h1,3-6,9-12,17H,2,7-8,13-16H2,(H,28,33)(H,29,30,34). The number of likely N-dealkylation sites (tertiary alicyclic amines) is 1. The van der Waals surface area contributed by atoms with Crippen LogP contribution in [0.3, 0.4) is 0 Å². The van der Waals surface area contributed by atoms with Gasteiger partial charge < -0.3 is 15.2 Å². The smallest absolute Gasteiger partial charge is 0.262 e. The fourth-order valence-electron chi connectivity index (χ4n) is 4.33. The second kappa shape index (κ2) is 9.92. The van der Waals surface area contributed by atoms with Crippen molar-refractivity contribution in [3.05, 3.63) is 82.5 Å². The number of hydrogen-bond donors (Lipinski definition) is 2. The Labute approximate surface area is 201 Å². The molecule has 178 valence electrons. The van der Waals surface area contributed by atoms with Crippen molar-refractivity contribution in [2.75, 3.05) is 18.4 Å². The number of rotatable bonds is 6.